The van der Waals surface area contributed by atoms with E-state index in [2.05, 4.69) is 19.2 Å². The number of ether oxygens (including phenoxy) is 1. The molecule has 6 nitrogen and oxygen atoms in total. The third kappa shape index (κ3) is 6.22. The molecule has 0 aliphatic carbocycles. The van der Waals surface area contributed by atoms with Crippen molar-refractivity contribution in [3.8, 4) is 5.75 Å². The van der Waals surface area contributed by atoms with Crippen LogP contribution in [-0.4, -0.2) is 40.3 Å². The minimum atomic E-state index is -3.60. The predicted octanol–water partition coefficient (Wildman–Crippen LogP) is 3.39. The highest BCUT2D eigenvalue weighted by molar-refractivity contribution is 7.92. The number of hydrogen-bond acceptors (Lipinski definition) is 4. The molecule has 0 aliphatic rings. The van der Waals surface area contributed by atoms with E-state index >= 15 is 0 Å². The molecule has 1 amide bonds. The minimum absolute atomic E-state index is 0.272. The van der Waals surface area contributed by atoms with E-state index in [4.69, 9.17) is 4.74 Å². The molecule has 0 aliphatic heterocycles. The Morgan fingerprint density at radius 2 is 1.79 bits per heavy atom. The van der Waals surface area contributed by atoms with Gasteiger partial charge in [-0.1, -0.05) is 44.2 Å². The molecule has 0 bridgehead atoms. The zero-order valence-corrected chi connectivity index (χ0v) is 18.5. The molecule has 29 heavy (non-hydrogen) atoms. The van der Waals surface area contributed by atoms with Gasteiger partial charge in [0.1, 0.15) is 18.9 Å². The minimum Gasteiger partial charge on any atom is -0.491 e. The average Bonchev–Trinajstić information content (AvgIpc) is 2.65. The summed E-state index contributed by atoms with van der Waals surface area (Å²) < 4.78 is 31.5. The first-order valence-corrected chi connectivity index (χ1v) is 11.5. The Labute approximate surface area is 173 Å². The highest BCUT2D eigenvalue weighted by Crippen LogP contribution is 2.26. The molecule has 1 N–H and O–H groups in total. The molecule has 0 unspecified atom stereocenters. The van der Waals surface area contributed by atoms with Crippen LogP contribution in [0.3, 0.4) is 0 Å². The summed E-state index contributed by atoms with van der Waals surface area (Å²) >= 11 is 0. The van der Waals surface area contributed by atoms with Gasteiger partial charge in [-0.15, -0.1) is 0 Å². The summed E-state index contributed by atoms with van der Waals surface area (Å²) in [5, 5.41) is 2.74. The first-order chi connectivity index (χ1) is 13.6. The summed E-state index contributed by atoms with van der Waals surface area (Å²) in [7, 11) is -3.60. The fourth-order valence-electron chi connectivity index (χ4n) is 3.01. The van der Waals surface area contributed by atoms with E-state index in [-0.39, 0.29) is 19.0 Å². The second kappa shape index (κ2) is 9.78. The van der Waals surface area contributed by atoms with E-state index in [1.807, 2.05) is 44.2 Å². The highest BCUT2D eigenvalue weighted by Gasteiger charge is 2.22. The molecule has 0 saturated heterocycles. The number of nitrogens with one attached hydrogen (secondary N) is 1. The molecule has 0 spiro atoms. The topological polar surface area (TPSA) is 75.7 Å². The van der Waals surface area contributed by atoms with E-state index in [9.17, 15) is 13.2 Å². The maximum Gasteiger partial charge on any atom is 0.240 e. The number of anilines is 1. The quantitative estimate of drug-likeness (QED) is 0.634. The van der Waals surface area contributed by atoms with E-state index < -0.39 is 10.0 Å². The Balaban J connectivity index is 1.97. The Kier molecular flexibility index (Phi) is 7.67. The standard InChI is InChI=1S/C22H30N2O4S/c1-16(2)19-10-6-7-12-21(19)28-14-13-23-22(25)15-24(29(5,26)27)20-11-8-9-17(3)18(20)4/h6-12,16H,13-15H2,1-5H3,(H,23,25). The summed E-state index contributed by atoms with van der Waals surface area (Å²) in [5.74, 6) is 0.753. The molecular formula is C22H30N2O4S. The van der Waals surface area contributed by atoms with Crippen molar-refractivity contribution in [1.82, 2.24) is 5.32 Å². The number of sulfonamides is 1. The Morgan fingerprint density at radius 3 is 2.45 bits per heavy atom. The largest absolute Gasteiger partial charge is 0.491 e. The van der Waals surface area contributed by atoms with Gasteiger partial charge in [-0.3, -0.25) is 9.10 Å². The lowest BCUT2D eigenvalue weighted by Gasteiger charge is -2.24. The van der Waals surface area contributed by atoms with Gasteiger partial charge in [0.15, 0.2) is 0 Å². The smallest absolute Gasteiger partial charge is 0.240 e. The normalized spacial score (nSPS) is 11.4. The van der Waals surface area contributed by atoms with Crippen LogP contribution in [0.5, 0.6) is 5.75 Å². The van der Waals surface area contributed by atoms with E-state index in [0.29, 0.717) is 18.2 Å². The van der Waals surface area contributed by atoms with Gasteiger partial charge in [0.2, 0.25) is 15.9 Å². The van der Waals surface area contributed by atoms with Crippen LogP contribution in [0.2, 0.25) is 0 Å². The van der Waals surface area contributed by atoms with E-state index in [0.717, 1.165) is 33.0 Å². The number of hydrogen-bond donors (Lipinski definition) is 1. The van der Waals surface area contributed by atoms with Gasteiger partial charge in [-0.2, -0.15) is 0 Å². The first-order valence-electron chi connectivity index (χ1n) is 9.63. The molecule has 0 fully saturated rings. The fourth-order valence-corrected chi connectivity index (χ4v) is 3.92. The molecule has 2 rings (SSSR count). The zero-order chi connectivity index (χ0) is 21.6. The Hall–Kier alpha value is -2.54. The van der Waals surface area contributed by atoms with Gasteiger partial charge >= 0.3 is 0 Å². The fraction of sp³-hybridized carbons (Fsp3) is 0.409. The average molecular weight is 419 g/mol. The van der Waals surface area contributed by atoms with Gasteiger partial charge in [0.25, 0.3) is 0 Å². The second-order valence-electron chi connectivity index (χ2n) is 7.38. The summed E-state index contributed by atoms with van der Waals surface area (Å²) in [6.07, 6.45) is 1.11. The number of para-hydroxylation sites is 1. The number of aryl methyl sites for hydroxylation is 1. The van der Waals surface area contributed by atoms with Crippen molar-refractivity contribution in [2.24, 2.45) is 0 Å². The maximum absolute atomic E-state index is 12.4. The molecule has 158 valence electrons. The highest BCUT2D eigenvalue weighted by atomic mass is 32.2. The monoisotopic (exact) mass is 418 g/mol. The van der Waals surface area contributed by atoms with Gasteiger partial charge in [0, 0.05) is 0 Å². The summed E-state index contributed by atoms with van der Waals surface area (Å²) in [6.45, 7) is 8.26. The number of carbonyl (C=O) groups excluding carboxylic acids is 1. The number of rotatable bonds is 9. The first kappa shape index (κ1) is 22.7. The second-order valence-corrected chi connectivity index (χ2v) is 9.29. The van der Waals surface area contributed by atoms with Crippen LogP contribution in [0, 0.1) is 13.8 Å². The van der Waals surface area contributed by atoms with Crippen LogP contribution >= 0.6 is 0 Å². The van der Waals surface area contributed by atoms with Crippen molar-refractivity contribution < 1.29 is 17.9 Å². The molecule has 7 heteroatoms. The molecular weight excluding hydrogens is 388 g/mol. The summed E-state index contributed by atoms with van der Waals surface area (Å²) in [5.41, 5.74) is 3.43. The number of benzene rings is 2. The molecule has 0 saturated carbocycles. The SMILES string of the molecule is Cc1cccc(N(CC(=O)NCCOc2ccccc2C(C)C)S(C)(=O)=O)c1C. The number of carbonyl (C=O) groups is 1. The number of nitrogens with zero attached hydrogens (tertiary/aromatic N) is 1. The number of amides is 1. The van der Waals surface area contributed by atoms with E-state index in [1.54, 1.807) is 12.1 Å². The maximum atomic E-state index is 12.4. The van der Waals surface area contributed by atoms with Crippen LogP contribution in [-0.2, 0) is 14.8 Å². The van der Waals surface area contributed by atoms with Crippen LogP contribution in [0.15, 0.2) is 42.5 Å². The predicted molar refractivity (Wildman–Crippen MR) is 117 cm³/mol. The Bertz CT molecular complexity index is 955. The van der Waals surface area contributed by atoms with Crippen molar-refractivity contribution >= 4 is 21.6 Å². The Morgan fingerprint density at radius 1 is 1.10 bits per heavy atom. The summed E-state index contributed by atoms with van der Waals surface area (Å²) in [4.78, 5) is 12.4. The van der Waals surface area contributed by atoms with Crippen molar-refractivity contribution in [3.05, 3.63) is 59.2 Å². The molecule has 2 aromatic rings. The lowest BCUT2D eigenvalue weighted by atomic mass is 10.0. The molecule has 2 aromatic carbocycles. The van der Waals surface area contributed by atoms with Crippen molar-refractivity contribution in [3.63, 3.8) is 0 Å². The van der Waals surface area contributed by atoms with Gasteiger partial charge in [-0.25, -0.2) is 8.42 Å². The van der Waals surface area contributed by atoms with Crippen molar-refractivity contribution in [2.75, 3.05) is 30.3 Å². The van der Waals surface area contributed by atoms with Crippen molar-refractivity contribution in [2.45, 2.75) is 33.6 Å². The third-order valence-corrected chi connectivity index (χ3v) is 5.88. The summed E-state index contributed by atoms with van der Waals surface area (Å²) in [6, 6.07) is 13.2. The van der Waals surface area contributed by atoms with Crippen LogP contribution in [0.4, 0.5) is 5.69 Å². The molecule has 0 aromatic heterocycles. The lowest BCUT2D eigenvalue weighted by molar-refractivity contribution is -0.119. The zero-order valence-electron chi connectivity index (χ0n) is 17.7. The third-order valence-electron chi connectivity index (χ3n) is 4.76. The van der Waals surface area contributed by atoms with Crippen LogP contribution in [0.25, 0.3) is 0 Å². The molecule has 0 atom stereocenters. The van der Waals surface area contributed by atoms with E-state index in [1.165, 1.54) is 0 Å². The van der Waals surface area contributed by atoms with Gasteiger partial charge in [0.05, 0.1) is 18.5 Å². The van der Waals surface area contributed by atoms with Crippen LogP contribution in [0.1, 0.15) is 36.5 Å². The molecule has 0 radical (unpaired) electrons. The van der Waals surface area contributed by atoms with Crippen molar-refractivity contribution in [1.29, 1.82) is 0 Å². The van der Waals surface area contributed by atoms with Gasteiger partial charge in [-0.05, 0) is 48.6 Å². The van der Waals surface area contributed by atoms with Gasteiger partial charge < -0.3 is 10.1 Å². The molecule has 0 heterocycles. The van der Waals surface area contributed by atoms with Crippen LogP contribution < -0.4 is 14.4 Å². The lowest BCUT2D eigenvalue weighted by Crippen LogP contribution is -2.41.